The summed E-state index contributed by atoms with van der Waals surface area (Å²) in [5.41, 5.74) is 8.03. The second-order valence-corrected chi connectivity index (χ2v) is 2.51. The van der Waals surface area contributed by atoms with Crippen molar-refractivity contribution in [2.75, 3.05) is 0 Å². The first kappa shape index (κ1) is 11.8. The topological polar surface area (TPSA) is 43.8 Å². The Kier molecular flexibility index (Phi) is 4.99. The largest absolute Gasteiger partial charge is 0.397 e. The van der Waals surface area contributed by atoms with Crippen molar-refractivity contribution in [1.82, 2.24) is 9.78 Å². The van der Waals surface area contributed by atoms with Gasteiger partial charge >= 0.3 is 0 Å². The Morgan fingerprint density at radius 3 is 2.54 bits per heavy atom. The zero-order valence-electron chi connectivity index (χ0n) is 8.08. The maximum Gasteiger partial charge on any atom is 0.0835 e. The van der Waals surface area contributed by atoms with Crippen LogP contribution in [-0.2, 0) is 6.54 Å². The quantitative estimate of drug-likeness (QED) is 0.735. The van der Waals surface area contributed by atoms with E-state index in [4.69, 9.17) is 5.73 Å². The van der Waals surface area contributed by atoms with Crippen molar-refractivity contribution in [3.63, 3.8) is 0 Å². The van der Waals surface area contributed by atoms with Gasteiger partial charge in [-0.05, 0) is 25.8 Å². The summed E-state index contributed by atoms with van der Waals surface area (Å²) in [6.07, 6.45) is 0. The van der Waals surface area contributed by atoms with Gasteiger partial charge in [-0.3, -0.25) is 4.68 Å². The molecule has 0 bridgehead atoms. The van der Waals surface area contributed by atoms with Crippen molar-refractivity contribution in [2.45, 2.75) is 20.4 Å². The zero-order valence-corrected chi connectivity index (χ0v) is 8.90. The monoisotopic (exact) mass is 197 g/mol. The van der Waals surface area contributed by atoms with E-state index < -0.39 is 0 Å². The molecule has 0 unspecified atom stereocenters. The number of hydrogen-bond donors (Lipinski definition) is 1. The van der Waals surface area contributed by atoms with Gasteiger partial charge in [-0.15, -0.1) is 0 Å². The van der Waals surface area contributed by atoms with Crippen LogP contribution in [0.2, 0.25) is 0 Å². The van der Waals surface area contributed by atoms with Crippen LogP contribution in [0.4, 0.5) is 0 Å². The first-order valence-electron chi connectivity index (χ1n) is 3.93. The highest BCUT2D eigenvalue weighted by atomic mass is 32.1. The molecule has 0 fully saturated rings. The van der Waals surface area contributed by atoms with Crippen molar-refractivity contribution in [3.05, 3.63) is 24.0 Å². The second-order valence-electron chi connectivity index (χ2n) is 2.51. The lowest BCUT2D eigenvalue weighted by atomic mass is 10.3. The molecule has 0 atom stereocenters. The number of aromatic nitrogens is 2. The minimum absolute atomic E-state index is 0.576. The normalized spacial score (nSPS) is 8.77. The molecule has 1 heterocycles. The average Bonchev–Trinajstić information content (AvgIpc) is 2.50. The number of rotatable bonds is 2. The highest BCUT2D eigenvalue weighted by Gasteiger charge is 2.03. The summed E-state index contributed by atoms with van der Waals surface area (Å²) in [6.45, 7) is 8.47. The maximum atomic E-state index is 5.55. The molecule has 4 heteroatoms. The summed E-state index contributed by atoms with van der Waals surface area (Å²) >= 11 is 3.83. The van der Waals surface area contributed by atoms with E-state index in [-0.39, 0.29) is 0 Å². The predicted molar refractivity (Wildman–Crippen MR) is 60.6 cm³/mol. The van der Waals surface area contributed by atoms with Gasteiger partial charge in [-0.1, -0.05) is 18.8 Å². The molecule has 0 aromatic carbocycles. The first-order valence-corrected chi connectivity index (χ1v) is 4.51. The third-order valence-corrected chi connectivity index (χ3v) is 1.53. The van der Waals surface area contributed by atoms with Crippen molar-refractivity contribution >= 4 is 23.8 Å². The van der Waals surface area contributed by atoms with Gasteiger partial charge in [0.05, 0.1) is 11.4 Å². The molecule has 0 aliphatic heterocycles. The Hall–Kier alpha value is -1.16. The second kappa shape index (κ2) is 5.48. The minimum atomic E-state index is 0.576. The van der Waals surface area contributed by atoms with Crippen molar-refractivity contribution in [3.8, 4) is 0 Å². The van der Waals surface area contributed by atoms with E-state index in [1.165, 1.54) is 0 Å². The van der Waals surface area contributed by atoms with Crippen LogP contribution in [0, 0.1) is 6.92 Å². The molecule has 1 rings (SSSR count). The Morgan fingerprint density at radius 1 is 1.69 bits per heavy atom. The lowest BCUT2D eigenvalue weighted by molar-refractivity contribution is 0.645. The molecule has 0 aliphatic rings. The van der Waals surface area contributed by atoms with Gasteiger partial charge in [-0.2, -0.15) is 5.10 Å². The Bertz CT molecular complexity index is 291. The molecular formula is C9H15N3S. The smallest absolute Gasteiger partial charge is 0.0835 e. The summed E-state index contributed by atoms with van der Waals surface area (Å²) < 4.78 is 1.84. The number of thiocarbonyl (C=S) groups is 1. The van der Waals surface area contributed by atoms with E-state index in [1.807, 2.05) is 24.6 Å². The molecule has 0 saturated carbocycles. The molecule has 72 valence electrons. The lowest BCUT2D eigenvalue weighted by Crippen LogP contribution is -2.05. The Morgan fingerprint density at radius 2 is 2.23 bits per heavy atom. The molecule has 13 heavy (non-hydrogen) atoms. The fourth-order valence-corrected chi connectivity index (χ4v) is 1.05. The zero-order chi connectivity index (χ0) is 10.4. The summed E-state index contributed by atoms with van der Waals surface area (Å²) in [5.74, 6) is 2.83. The summed E-state index contributed by atoms with van der Waals surface area (Å²) in [6, 6.07) is 1.94. The molecule has 0 saturated heterocycles. The van der Waals surface area contributed by atoms with Gasteiger partial charge in [0.15, 0.2) is 0 Å². The van der Waals surface area contributed by atoms with Crippen LogP contribution in [0.3, 0.4) is 0 Å². The summed E-state index contributed by atoms with van der Waals surface area (Å²) in [4.78, 5) is 0. The highest BCUT2D eigenvalue weighted by Crippen LogP contribution is 2.08. The van der Waals surface area contributed by atoms with E-state index in [0.717, 1.165) is 17.9 Å². The van der Waals surface area contributed by atoms with Crippen LogP contribution in [0.15, 0.2) is 12.6 Å². The molecule has 1 aromatic rings. The minimum Gasteiger partial charge on any atom is -0.397 e. The van der Waals surface area contributed by atoms with Gasteiger partial charge in [0.1, 0.15) is 0 Å². The fraction of sp³-hybridized carbons (Fsp3) is 0.333. The third-order valence-electron chi connectivity index (χ3n) is 1.53. The Labute approximate surface area is 84.2 Å². The van der Waals surface area contributed by atoms with Crippen LogP contribution in [0.25, 0.3) is 5.70 Å². The number of nitrogens with zero attached hydrogens (tertiary/aromatic N) is 2. The predicted octanol–water partition coefficient (Wildman–Crippen LogP) is 1.76. The van der Waals surface area contributed by atoms with Gasteiger partial charge in [-0.25, -0.2) is 0 Å². The molecule has 1 aromatic heterocycles. The van der Waals surface area contributed by atoms with Gasteiger partial charge in [0.25, 0.3) is 0 Å². The molecular weight excluding hydrogens is 182 g/mol. The van der Waals surface area contributed by atoms with E-state index >= 15 is 0 Å². The molecule has 0 radical (unpaired) electrons. The van der Waals surface area contributed by atoms with Gasteiger partial charge < -0.3 is 5.73 Å². The molecule has 2 N–H and O–H groups in total. The molecule has 0 aliphatic carbocycles. The maximum absolute atomic E-state index is 5.55. The van der Waals surface area contributed by atoms with Gasteiger partial charge in [0.2, 0.25) is 0 Å². The highest BCUT2D eigenvalue weighted by molar-refractivity contribution is 7.77. The number of nitrogens with two attached hydrogens (primary N) is 1. The van der Waals surface area contributed by atoms with Crippen LogP contribution in [0.1, 0.15) is 18.3 Å². The summed E-state index contributed by atoms with van der Waals surface area (Å²) in [5, 5.41) is 4.23. The average molecular weight is 197 g/mol. The van der Waals surface area contributed by atoms with Crippen molar-refractivity contribution in [2.24, 2.45) is 5.73 Å². The van der Waals surface area contributed by atoms with Crippen LogP contribution < -0.4 is 5.73 Å². The lowest BCUT2D eigenvalue weighted by Gasteiger charge is -2.01. The van der Waals surface area contributed by atoms with Crippen LogP contribution in [-0.4, -0.2) is 15.7 Å². The van der Waals surface area contributed by atoms with E-state index in [1.54, 1.807) is 0 Å². The van der Waals surface area contributed by atoms with Crippen LogP contribution >= 0.6 is 12.2 Å². The SMILES string of the molecule is C=C(N)c1cc(C)nn1CC.C=S. The van der Waals surface area contributed by atoms with E-state index in [0.29, 0.717) is 5.70 Å². The van der Waals surface area contributed by atoms with Crippen molar-refractivity contribution < 1.29 is 0 Å². The summed E-state index contributed by atoms with van der Waals surface area (Å²) in [7, 11) is 0. The first-order chi connectivity index (χ1) is 6.15. The Balaban J connectivity index is 0.000000671. The van der Waals surface area contributed by atoms with E-state index in [2.05, 4.69) is 29.8 Å². The number of hydrogen-bond acceptors (Lipinski definition) is 3. The fourth-order valence-electron chi connectivity index (χ4n) is 1.05. The standard InChI is InChI=1S/C8H13N3.CH2S/c1-4-11-8(7(3)9)5-6(2)10-11;1-2/h5H,3-4,9H2,1-2H3;1H2. The van der Waals surface area contributed by atoms with Crippen molar-refractivity contribution in [1.29, 1.82) is 0 Å². The molecule has 0 spiro atoms. The number of aryl methyl sites for hydroxylation is 2. The van der Waals surface area contributed by atoms with Crippen LogP contribution in [0.5, 0.6) is 0 Å². The van der Waals surface area contributed by atoms with E-state index in [9.17, 15) is 0 Å². The molecule has 3 nitrogen and oxygen atoms in total. The van der Waals surface area contributed by atoms with Gasteiger partial charge in [0, 0.05) is 12.2 Å². The third kappa shape index (κ3) is 2.99. The molecule has 0 amide bonds.